The second-order valence-electron chi connectivity index (χ2n) is 6.59. The summed E-state index contributed by atoms with van der Waals surface area (Å²) < 4.78 is 53.4. The van der Waals surface area contributed by atoms with Crippen LogP contribution in [-0.2, 0) is 10.0 Å². The summed E-state index contributed by atoms with van der Waals surface area (Å²) in [6.07, 6.45) is 0. The van der Waals surface area contributed by atoms with Gasteiger partial charge in [0.25, 0.3) is 0 Å². The molecule has 0 fully saturated rings. The van der Waals surface area contributed by atoms with E-state index < -0.39 is 32.1 Å². The van der Waals surface area contributed by atoms with Gasteiger partial charge in [0.05, 0.1) is 4.90 Å². The van der Waals surface area contributed by atoms with Crippen LogP contribution in [0.1, 0.15) is 32.4 Å². The first-order valence-corrected chi connectivity index (χ1v) is 9.36. The summed E-state index contributed by atoms with van der Waals surface area (Å²) in [6.45, 7) is 5.74. The first-order chi connectivity index (χ1) is 11.6. The summed E-state index contributed by atoms with van der Waals surface area (Å²) in [7, 11) is -4.01. The van der Waals surface area contributed by atoms with Crippen LogP contribution in [-0.4, -0.2) is 20.5 Å². The first-order valence-electron chi connectivity index (χ1n) is 7.87. The molecule has 7 heteroatoms. The lowest BCUT2D eigenvalue weighted by atomic mass is 10.0. The minimum atomic E-state index is -4.01. The third kappa shape index (κ3) is 5.59. The predicted molar refractivity (Wildman–Crippen MR) is 93.6 cm³/mol. The fourth-order valence-corrected chi connectivity index (χ4v) is 3.76. The van der Waals surface area contributed by atoms with E-state index in [4.69, 9.17) is 0 Å². The van der Waals surface area contributed by atoms with Gasteiger partial charge in [-0.2, -0.15) is 0 Å². The number of halogens is 2. The zero-order valence-corrected chi connectivity index (χ0v) is 15.2. The molecule has 0 spiro atoms. The molecule has 1 unspecified atom stereocenters. The lowest BCUT2D eigenvalue weighted by molar-refractivity contribution is 0.346. The summed E-state index contributed by atoms with van der Waals surface area (Å²) in [5, 5.41) is 3.34. The molecule has 0 saturated heterocycles. The summed E-state index contributed by atoms with van der Waals surface area (Å²) in [6, 6.07) is 12.0. The van der Waals surface area contributed by atoms with Crippen molar-refractivity contribution in [1.29, 1.82) is 0 Å². The summed E-state index contributed by atoms with van der Waals surface area (Å²) in [5.74, 6) is -1.87. The van der Waals surface area contributed by atoms with Gasteiger partial charge in [-0.1, -0.05) is 30.3 Å². The van der Waals surface area contributed by atoms with Gasteiger partial charge in [-0.05, 0) is 38.5 Å². The van der Waals surface area contributed by atoms with Crippen LogP contribution in [0.4, 0.5) is 8.78 Å². The quantitative estimate of drug-likeness (QED) is 0.788. The van der Waals surface area contributed by atoms with Crippen LogP contribution in [0, 0.1) is 11.6 Å². The van der Waals surface area contributed by atoms with Gasteiger partial charge in [0.15, 0.2) is 0 Å². The lowest BCUT2D eigenvalue weighted by Gasteiger charge is -2.30. The van der Waals surface area contributed by atoms with Gasteiger partial charge < -0.3 is 5.32 Å². The maximum absolute atomic E-state index is 13.2. The molecule has 2 aromatic carbocycles. The summed E-state index contributed by atoms with van der Waals surface area (Å²) >= 11 is 0. The van der Waals surface area contributed by atoms with Crippen molar-refractivity contribution in [3.63, 3.8) is 0 Å². The predicted octanol–water partition coefficient (Wildman–Crippen LogP) is 3.37. The molecule has 0 aliphatic carbocycles. The smallest absolute Gasteiger partial charge is 0.240 e. The van der Waals surface area contributed by atoms with Crippen LogP contribution in [0.2, 0.25) is 0 Å². The maximum atomic E-state index is 13.2. The molecule has 0 bridgehead atoms. The maximum Gasteiger partial charge on any atom is 0.240 e. The average Bonchev–Trinajstić information content (AvgIpc) is 2.53. The lowest BCUT2D eigenvalue weighted by Crippen LogP contribution is -2.49. The number of hydrogen-bond acceptors (Lipinski definition) is 3. The van der Waals surface area contributed by atoms with Crippen molar-refractivity contribution in [2.45, 2.75) is 37.2 Å². The minimum absolute atomic E-state index is 0.00678. The van der Waals surface area contributed by atoms with Crippen molar-refractivity contribution in [3.8, 4) is 0 Å². The van der Waals surface area contributed by atoms with Crippen molar-refractivity contribution in [2.24, 2.45) is 0 Å². The molecule has 2 N–H and O–H groups in total. The van der Waals surface area contributed by atoms with Crippen LogP contribution < -0.4 is 10.0 Å². The van der Waals surface area contributed by atoms with Gasteiger partial charge in [0.1, 0.15) is 11.6 Å². The molecule has 0 aliphatic rings. The highest BCUT2D eigenvalue weighted by Gasteiger charge is 2.24. The van der Waals surface area contributed by atoms with Crippen molar-refractivity contribution >= 4 is 10.0 Å². The summed E-state index contributed by atoms with van der Waals surface area (Å²) in [4.78, 5) is -0.433. The summed E-state index contributed by atoms with van der Waals surface area (Å²) in [5.41, 5.74) is 0.499. The average molecular weight is 368 g/mol. The molecule has 25 heavy (non-hydrogen) atoms. The molecule has 4 nitrogen and oxygen atoms in total. The van der Waals surface area contributed by atoms with E-state index in [0.717, 1.165) is 17.7 Å². The number of sulfonamides is 1. The minimum Gasteiger partial charge on any atom is -0.304 e. The highest BCUT2D eigenvalue weighted by atomic mass is 32.2. The molecule has 0 saturated carbocycles. The Kier molecular flexibility index (Phi) is 5.92. The van der Waals surface area contributed by atoms with Gasteiger partial charge in [0.2, 0.25) is 10.0 Å². The Bertz CT molecular complexity index is 804. The van der Waals surface area contributed by atoms with Gasteiger partial charge in [0, 0.05) is 24.2 Å². The Hall–Kier alpha value is -1.83. The van der Waals surface area contributed by atoms with E-state index in [1.165, 1.54) is 0 Å². The van der Waals surface area contributed by atoms with E-state index in [0.29, 0.717) is 6.07 Å². The number of benzene rings is 2. The molecule has 2 rings (SSSR count). The fraction of sp³-hybridized carbons (Fsp3) is 0.333. The Morgan fingerprint density at radius 1 is 1.04 bits per heavy atom. The highest BCUT2D eigenvalue weighted by Crippen LogP contribution is 2.17. The Labute approximate surface area is 147 Å². The van der Waals surface area contributed by atoms with Crippen molar-refractivity contribution in [3.05, 3.63) is 65.7 Å². The van der Waals surface area contributed by atoms with Crippen LogP contribution in [0.5, 0.6) is 0 Å². The third-order valence-corrected chi connectivity index (χ3v) is 5.14. The zero-order valence-electron chi connectivity index (χ0n) is 14.4. The van der Waals surface area contributed by atoms with Crippen LogP contribution in [0.15, 0.2) is 53.4 Å². The van der Waals surface area contributed by atoms with E-state index in [2.05, 4.69) is 10.0 Å². The van der Waals surface area contributed by atoms with Gasteiger partial charge in [-0.15, -0.1) is 0 Å². The second-order valence-corrected chi connectivity index (χ2v) is 8.36. The Morgan fingerprint density at radius 3 is 2.16 bits per heavy atom. The van der Waals surface area contributed by atoms with Gasteiger partial charge >= 0.3 is 0 Å². The van der Waals surface area contributed by atoms with Crippen molar-refractivity contribution < 1.29 is 17.2 Å². The Morgan fingerprint density at radius 2 is 1.60 bits per heavy atom. The second kappa shape index (κ2) is 7.59. The highest BCUT2D eigenvalue weighted by molar-refractivity contribution is 7.89. The van der Waals surface area contributed by atoms with Crippen LogP contribution >= 0.6 is 0 Å². The molecule has 136 valence electrons. The Balaban J connectivity index is 2.05. The molecule has 0 heterocycles. The first kappa shape index (κ1) is 19.5. The van der Waals surface area contributed by atoms with Crippen LogP contribution in [0.25, 0.3) is 0 Å². The topological polar surface area (TPSA) is 58.2 Å². The normalized spacial score (nSPS) is 13.6. The molecule has 0 amide bonds. The fourth-order valence-electron chi connectivity index (χ4n) is 2.50. The van der Waals surface area contributed by atoms with Crippen LogP contribution in [0.3, 0.4) is 0 Å². The molecular formula is C18H22F2N2O2S. The molecule has 0 aromatic heterocycles. The van der Waals surface area contributed by atoms with E-state index in [9.17, 15) is 17.2 Å². The monoisotopic (exact) mass is 368 g/mol. The molecular weight excluding hydrogens is 346 g/mol. The molecule has 0 radical (unpaired) electrons. The van der Waals surface area contributed by atoms with E-state index in [1.54, 1.807) is 0 Å². The molecule has 1 atom stereocenters. The standard InChI is InChI=1S/C18H22F2N2O2S/c1-13(14-7-5-4-6-8-14)22-18(2,3)12-21-25(23,24)17-10-15(19)9-16(20)11-17/h4-11,13,21-22H,12H2,1-3H3. The van der Waals surface area contributed by atoms with Gasteiger partial charge in [-0.25, -0.2) is 21.9 Å². The SMILES string of the molecule is CC(NC(C)(C)CNS(=O)(=O)c1cc(F)cc(F)c1)c1ccccc1. The third-order valence-electron chi connectivity index (χ3n) is 3.76. The van der Waals surface area contributed by atoms with E-state index in [-0.39, 0.29) is 12.6 Å². The zero-order chi connectivity index (χ0) is 18.7. The molecule has 0 aliphatic heterocycles. The van der Waals surface area contributed by atoms with Gasteiger partial charge in [-0.3, -0.25) is 0 Å². The number of hydrogen-bond donors (Lipinski definition) is 2. The molecule has 2 aromatic rings. The largest absolute Gasteiger partial charge is 0.304 e. The van der Waals surface area contributed by atoms with E-state index in [1.807, 2.05) is 51.1 Å². The number of nitrogens with one attached hydrogen (secondary N) is 2. The van der Waals surface area contributed by atoms with E-state index >= 15 is 0 Å². The number of rotatable bonds is 7. The van der Waals surface area contributed by atoms with Crippen molar-refractivity contribution in [1.82, 2.24) is 10.0 Å². The van der Waals surface area contributed by atoms with Crippen molar-refractivity contribution in [2.75, 3.05) is 6.54 Å².